The van der Waals surface area contributed by atoms with Crippen molar-refractivity contribution in [2.75, 3.05) is 13.1 Å². The summed E-state index contributed by atoms with van der Waals surface area (Å²) in [6.45, 7) is 10.2. The topological polar surface area (TPSA) is 95.6 Å². The van der Waals surface area contributed by atoms with Crippen LogP contribution >= 0.6 is 0 Å². The molecule has 1 atom stereocenters. The predicted octanol–water partition coefficient (Wildman–Crippen LogP) is 2.10. The van der Waals surface area contributed by atoms with Gasteiger partial charge in [-0.3, -0.25) is 9.59 Å². The number of benzene rings is 1. The first-order valence-electron chi connectivity index (χ1n) is 10.7. The molecule has 1 aromatic rings. The Morgan fingerprint density at radius 3 is 2.03 bits per heavy atom. The lowest BCUT2D eigenvalue weighted by atomic mass is 10.0. The Morgan fingerprint density at radius 1 is 1.00 bits per heavy atom. The van der Waals surface area contributed by atoms with Gasteiger partial charge >= 0.3 is 0 Å². The molecule has 2 aliphatic rings. The van der Waals surface area contributed by atoms with Crippen LogP contribution in [0.3, 0.4) is 0 Å². The van der Waals surface area contributed by atoms with Crippen LogP contribution < -0.4 is 10.0 Å². The van der Waals surface area contributed by atoms with Crippen LogP contribution in [0.1, 0.15) is 54.9 Å². The SMILES string of the molecule is Cc1cc(C)c(C)c(S(=O)(=O)N[C@@H](C)C(=O)NC2CCN(C(=O)C3CC3)CC2)c1C. The summed E-state index contributed by atoms with van der Waals surface area (Å²) in [5.41, 5.74) is 3.21. The molecule has 0 bridgehead atoms. The zero-order valence-corrected chi connectivity index (χ0v) is 19.4. The smallest absolute Gasteiger partial charge is 0.241 e. The van der Waals surface area contributed by atoms with Gasteiger partial charge in [-0.05, 0) is 82.6 Å². The maximum Gasteiger partial charge on any atom is 0.241 e. The van der Waals surface area contributed by atoms with Crippen LogP contribution in [0, 0.1) is 33.6 Å². The van der Waals surface area contributed by atoms with Crippen molar-refractivity contribution in [1.29, 1.82) is 0 Å². The Hall–Kier alpha value is -1.93. The van der Waals surface area contributed by atoms with Gasteiger partial charge in [0.2, 0.25) is 21.8 Å². The van der Waals surface area contributed by atoms with Crippen molar-refractivity contribution in [2.45, 2.75) is 77.3 Å². The third-order valence-electron chi connectivity index (χ3n) is 6.37. The minimum absolute atomic E-state index is 0.0441. The molecule has 30 heavy (non-hydrogen) atoms. The summed E-state index contributed by atoms with van der Waals surface area (Å²) in [6, 6.07) is 1.04. The average Bonchev–Trinajstić information content (AvgIpc) is 3.51. The van der Waals surface area contributed by atoms with Crippen LogP contribution in [0.25, 0.3) is 0 Å². The number of rotatable bonds is 6. The molecule has 166 valence electrons. The lowest BCUT2D eigenvalue weighted by molar-refractivity contribution is -0.133. The van der Waals surface area contributed by atoms with E-state index in [4.69, 9.17) is 0 Å². The second-order valence-corrected chi connectivity index (χ2v) is 10.5. The predicted molar refractivity (Wildman–Crippen MR) is 116 cm³/mol. The van der Waals surface area contributed by atoms with E-state index in [1.165, 1.54) is 0 Å². The summed E-state index contributed by atoms with van der Waals surface area (Å²) >= 11 is 0. The highest BCUT2D eigenvalue weighted by atomic mass is 32.2. The van der Waals surface area contributed by atoms with Gasteiger partial charge < -0.3 is 10.2 Å². The summed E-state index contributed by atoms with van der Waals surface area (Å²) in [6.07, 6.45) is 3.37. The van der Waals surface area contributed by atoms with Crippen LogP contribution in [0.15, 0.2) is 11.0 Å². The van der Waals surface area contributed by atoms with Gasteiger partial charge in [0, 0.05) is 25.0 Å². The fourth-order valence-corrected chi connectivity index (χ4v) is 5.91. The van der Waals surface area contributed by atoms with E-state index in [1.54, 1.807) is 20.8 Å². The second kappa shape index (κ2) is 8.67. The zero-order valence-electron chi connectivity index (χ0n) is 18.5. The van der Waals surface area contributed by atoms with Gasteiger partial charge in [-0.1, -0.05) is 6.07 Å². The van der Waals surface area contributed by atoms with Crippen LogP contribution in [0.5, 0.6) is 0 Å². The summed E-state index contributed by atoms with van der Waals surface area (Å²) < 4.78 is 28.6. The van der Waals surface area contributed by atoms with Crippen LogP contribution in [0.4, 0.5) is 0 Å². The number of hydrogen-bond donors (Lipinski definition) is 2. The lowest BCUT2D eigenvalue weighted by Crippen LogP contribution is -2.52. The van der Waals surface area contributed by atoms with Gasteiger partial charge in [-0.2, -0.15) is 4.72 Å². The van der Waals surface area contributed by atoms with E-state index >= 15 is 0 Å². The highest BCUT2D eigenvalue weighted by molar-refractivity contribution is 7.89. The number of amides is 2. The Labute approximate surface area is 179 Å². The Morgan fingerprint density at radius 2 is 1.53 bits per heavy atom. The molecule has 1 aliphatic carbocycles. The van der Waals surface area contributed by atoms with Gasteiger partial charge in [0.1, 0.15) is 0 Å². The first-order valence-corrected chi connectivity index (χ1v) is 12.2. The first-order chi connectivity index (χ1) is 14.0. The monoisotopic (exact) mass is 435 g/mol. The van der Waals surface area contributed by atoms with Gasteiger partial charge in [-0.25, -0.2) is 8.42 Å². The van der Waals surface area contributed by atoms with Gasteiger partial charge in [0.05, 0.1) is 10.9 Å². The number of carbonyl (C=O) groups is 2. The molecule has 1 saturated carbocycles. The molecule has 8 heteroatoms. The molecule has 0 spiro atoms. The number of piperidine rings is 1. The number of hydrogen-bond acceptors (Lipinski definition) is 4. The Bertz CT molecular complexity index is 919. The first kappa shape index (κ1) is 22.7. The fraction of sp³-hybridized carbons (Fsp3) is 0.636. The fourth-order valence-electron chi connectivity index (χ4n) is 4.09. The standard InChI is InChI=1S/C22H33N3O4S/c1-13-12-14(2)16(4)20(15(13)3)30(28,29)24-17(5)21(26)23-19-8-10-25(11-9-19)22(27)18-6-7-18/h12,17-19,24H,6-11H2,1-5H3,(H,23,26)/t17-/m0/s1. The molecule has 1 aromatic carbocycles. The Balaban J connectivity index is 1.60. The number of nitrogens with one attached hydrogen (secondary N) is 2. The molecule has 2 N–H and O–H groups in total. The van der Waals surface area contributed by atoms with E-state index < -0.39 is 16.1 Å². The summed E-state index contributed by atoms with van der Waals surface area (Å²) in [7, 11) is -3.84. The zero-order chi connectivity index (χ0) is 22.2. The third kappa shape index (κ3) is 4.86. The van der Waals surface area contributed by atoms with E-state index in [0.29, 0.717) is 37.1 Å². The third-order valence-corrected chi connectivity index (χ3v) is 8.18. The molecule has 7 nitrogen and oxygen atoms in total. The van der Waals surface area contributed by atoms with Crippen molar-refractivity contribution in [2.24, 2.45) is 5.92 Å². The van der Waals surface area contributed by atoms with Crippen molar-refractivity contribution in [3.8, 4) is 0 Å². The number of nitrogens with zero attached hydrogens (tertiary/aromatic N) is 1. The van der Waals surface area contributed by atoms with Gasteiger partial charge in [0.15, 0.2) is 0 Å². The molecule has 0 radical (unpaired) electrons. The quantitative estimate of drug-likeness (QED) is 0.715. The highest BCUT2D eigenvalue weighted by Gasteiger charge is 2.35. The number of carbonyl (C=O) groups excluding carboxylic acids is 2. The summed E-state index contributed by atoms with van der Waals surface area (Å²) in [5.74, 6) is 0.105. The van der Waals surface area contributed by atoms with Gasteiger partial charge in [0.25, 0.3) is 0 Å². The van der Waals surface area contributed by atoms with Crippen molar-refractivity contribution >= 4 is 21.8 Å². The molecule has 3 rings (SSSR count). The Kier molecular flexibility index (Phi) is 6.57. The van der Waals surface area contributed by atoms with Crippen molar-refractivity contribution in [3.05, 3.63) is 28.3 Å². The van der Waals surface area contributed by atoms with E-state index in [9.17, 15) is 18.0 Å². The maximum absolute atomic E-state index is 13.0. The molecule has 1 saturated heterocycles. The molecule has 0 aromatic heterocycles. The van der Waals surface area contributed by atoms with Crippen molar-refractivity contribution in [1.82, 2.24) is 14.9 Å². The van der Waals surface area contributed by atoms with E-state index in [-0.39, 0.29) is 28.7 Å². The van der Waals surface area contributed by atoms with Crippen LogP contribution in [-0.2, 0) is 19.6 Å². The minimum Gasteiger partial charge on any atom is -0.352 e. The molecule has 1 aliphatic heterocycles. The van der Waals surface area contributed by atoms with Crippen molar-refractivity contribution in [3.63, 3.8) is 0 Å². The molecule has 2 amide bonds. The highest BCUT2D eigenvalue weighted by Crippen LogP contribution is 2.32. The van der Waals surface area contributed by atoms with E-state index in [1.807, 2.05) is 24.8 Å². The number of sulfonamides is 1. The molecule has 2 fully saturated rings. The van der Waals surface area contributed by atoms with Crippen molar-refractivity contribution < 1.29 is 18.0 Å². The van der Waals surface area contributed by atoms with Gasteiger partial charge in [-0.15, -0.1) is 0 Å². The largest absolute Gasteiger partial charge is 0.352 e. The molecule has 1 heterocycles. The average molecular weight is 436 g/mol. The minimum atomic E-state index is -3.84. The second-order valence-electron chi connectivity index (χ2n) is 8.81. The van der Waals surface area contributed by atoms with E-state index in [0.717, 1.165) is 24.0 Å². The lowest BCUT2D eigenvalue weighted by Gasteiger charge is -2.33. The van der Waals surface area contributed by atoms with Crippen LogP contribution in [-0.4, -0.2) is 50.3 Å². The molecular weight excluding hydrogens is 402 g/mol. The molecular formula is C22H33N3O4S. The number of likely N-dealkylation sites (tertiary alicyclic amines) is 1. The summed E-state index contributed by atoms with van der Waals surface area (Å²) in [5, 5.41) is 2.95. The maximum atomic E-state index is 13.0. The van der Waals surface area contributed by atoms with E-state index in [2.05, 4.69) is 10.0 Å². The molecule has 0 unspecified atom stereocenters. The van der Waals surface area contributed by atoms with Crippen LogP contribution in [0.2, 0.25) is 0 Å². The number of aryl methyl sites for hydroxylation is 2. The normalized spacial score (nSPS) is 18.9. The summed E-state index contributed by atoms with van der Waals surface area (Å²) in [4.78, 5) is 26.9.